The predicted octanol–water partition coefficient (Wildman–Crippen LogP) is 1.89. The van der Waals surface area contributed by atoms with Crippen molar-refractivity contribution in [3.8, 4) is 0 Å². The van der Waals surface area contributed by atoms with Crippen molar-refractivity contribution in [3.63, 3.8) is 0 Å². The Morgan fingerprint density at radius 1 is 1.23 bits per heavy atom. The lowest BCUT2D eigenvalue weighted by Crippen LogP contribution is -2.22. The molecule has 0 unspecified atom stereocenters. The molecule has 74 valence electrons. The summed E-state index contributed by atoms with van der Waals surface area (Å²) in [6.07, 6.45) is 8.18. The molecule has 0 saturated heterocycles. The van der Waals surface area contributed by atoms with Crippen LogP contribution in [0.4, 0.5) is 0 Å². The molecule has 0 aromatic rings. The van der Waals surface area contributed by atoms with Crippen LogP contribution in [0, 0.1) is 5.92 Å². The van der Waals surface area contributed by atoms with Crippen molar-refractivity contribution >= 4 is 5.78 Å². The summed E-state index contributed by atoms with van der Waals surface area (Å²) in [6, 6.07) is 0.747. The van der Waals surface area contributed by atoms with E-state index in [1.54, 1.807) is 0 Å². The van der Waals surface area contributed by atoms with Crippen molar-refractivity contribution in [1.82, 2.24) is 5.32 Å². The van der Waals surface area contributed by atoms with Gasteiger partial charge in [-0.3, -0.25) is 4.79 Å². The van der Waals surface area contributed by atoms with Crippen molar-refractivity contribution in [2.45, 2.75) is 51.0 Å². The molecule has 2 fully saturated rings. The fourth-order valence-electron chi connectivity index (χ4n) is 1.82. The Morgan fingerprint density at radius 3 is 2.54 bits per heavy atom. The van der Waals surface area contributed by atoms with Gasteiger partial charge in [0.05, 0.1) is 0 Å². The van der Waals surface area contributed by atoms with Gasteiger partial charge in [0, 0.05) is 25.4 Å². The number of carbonyl (C=O) groups is 1. The van der Waals surface area contributed by atoms with E-state index in [0.29, 0.717) is 5.78 Å². The van der Waals surface area contributed by atoms with Gasteiger partial charge in [0.2, 0.25) is 0 Å². The van der Waals surface area contributed by atoms with Crippen molar-refractivity contribution in [2.75, 3.05) is 6.54 Å². The number of nitrogens with one attached hydrogen (secondary N) is 1. The van der Waals surface area contributed by atoms with E-state index < -0.39 is 0 Å². The highest BCUT2D eigenvalue weighted by Crippen LogP contribution is 2.29. The zero-order valence-corrected chi connectivity index (χ0v) is 8.22. The molecule has 0 aromatic heterocycles. The maximum atomic E-state index is 11.4. The molecular weight excluding hydrogens is 162 g/mol. The Kier molecular flexibility index (Phi) is 2.99. The molecule has 2 heteroatoms. The van der Waals surface area contributed by atoms with Gasteiger partial charge in [-0.1, -0.05) is 19.3 Å². The molecule has 0 aromatic carbocycles. The molecule has 0 radical (unpaired) electrons. The molecule has 2 nitrogen and oxygen atoms in total. The summed E-state index contributed by atoms with van der Waals surface area (Å²) in [7, 11) is 0. The lowest BCUT2D eigenvalue weighted by Gasteiger charge is -2.24. The molecule has 0 bridgehead atoms. The van der Waals surface area contributed by atoms with Gasteiger partial charge in [-0.25, -0.2) is 0 Å². The molecular formula is C11H19NO. The van der Waals surface area contributed by atoms with E-state index in [9.17, 15) is 4.79 Å². The fraction of sp³-hybridized carbons (Fsp3) is 0.909. The van der Waals surface area contributed by atoms with Crippen molar-refractivity contribution in [1.29, 1.82) is 0 Å². The molecule has 2 aliphatic rings. The van der Waals surface area contributed by atoms with Gasteiger partial charge < -0.3 is 5.32 Å². The van der Waals surface area contributed by atoms with Crippen LogP contribution in [0.3, 0.4) is 0 Å². The quantitative estimate of drug-likeness (QED) is 0.678. The van der Waals surface area contributed by atoms with Crippen LogP contribution in [0.1, 0.15) is 44.9 Å². The van der Waals surface area contributed by atoms with Gasteiger partial charge >= 0.3 is 0 Å². The monoisotopic (exact) mass is 181 g/mol. The van der Waals surface area contributed by atoms with E-state index in [4.69, 9.17) is 0 Å². The third-order valence-electron chi connectivity index (χ3n) is 3.16. The molecule has 13 heavy (non-hydrogen) atoms. The zero-order chi connectivity index (χ0) is 9.10. The predicted molar refractivity (Wildman–Crippen MR) is 52.6 cm³/mol. The van der Waals surface area contributed by atoms with Gasteiger partial charge in [0.25, 0.3) is 0 Å². The second-order valence-corrected chi connectivity index (χ2v) is 4.52. The summed E-state index contributed by atoms with van der Waals surface area (Å²) in [6.45, 7) is 0.913. The molecule has 2 saturated carbocycles. The SMILES string of the molecule is O=C(CCNC1CC1)CC1CCC1. The van der Waals surface area contributed by atoms with Crippen LogP contribution in [0.5, 0.6) is 0 Å². The van der Waals surface area contributed by atoms with Crippen molar-refractivity contribution < 1.29 is 4.79 Å². The molecule has 0 heterocycles. The highest BCUT2D eigenvalue weighted by molar-refractivity contribution is 5.78. The standard InChI is InChI=1S/C11H19NO/c13-11(8-9-2-1-3-9)6-7-12-10-4-5-10/h9-10,12H,1-8H2. The first-order valence-corrected chi connectivity index (χ1v) is 5.59. The topological polar surface area (TPSA) is 29.1 Å². The smallest absolute Gasteiger partial charge is 0.134 e. The molecule has 2 rings (SSSR count). The van der Waals surface area contributed by atoms with Crippen LogP contribution in [-0.4, -0.2) is 18.4 Å². The summed E-state index contributed by atoms with van der Waals surface area (Å²) < 4.78 is 0. The molecule has 0 atom stereocenters. The number of Topliss-reactive ketones (excluding diaryl/α,β-unsaturated/α-hetero) is 1. The summed E-state index contributed by atoms with van der Waals surface area (Å²) in [5.74, 6) is 1.21. The Bertz CT molecular complexity index is 183. The van der Waals surface area contributed by atoms with Crippen LogP contribution in [0.15, 0.2) is 0 Å². The van der Waals surface area contributed by atoms with Crippen LogP contribution >= 0.6 is 0 Å². The first kappa shape index (κ1) is 9.20. The number of rotatable bonds is 6. The summed E-state index contributed by atoms with van der Waals surface area (Å²) in [4.78, 5) is 11.4. The summed E-state index contributed by atoms with van der Waals surface area (Å²) >= 11 is 0. The first-order chi connectivity index (χ1) is 6.34. The third-order valence-corrected chi connectivity index (χ3v) is 3.16. The Labute approximate surface area is 80.1 Å². The first-order valence-electron chi connectivity index (χ1n) is 5.59. The van der Waals surface area contributed by atoms with Crippen LogP contribution in [0.25, 0.3) is 0 Å². The summed E-state index contributed by atoms with van der Waals surface area (Å²) in [5, 5.41) is 3.38. The van der Waals surface area contributed by atoms with Gasteiger partial charge in [-0.05, 0) is 18.8 Å². The van der Waals surface area contributed by atoms with Crippen molar-refractivity contribution in [2.24, 2.45) is 5.92 Å². The van der Waals surface area contributed by atoms with E-state index in [1.165, 1.54) is 32.1 Å². The van der Waals surface area contributed by atoms with Crippen LogP contribution in [0.2, 0.25) is 0 Å². The van der Waals surface area contributed by atoms with Gasteiger partial charge in [-0.2, -0.15) is 0 Å². The lowest BCUT2D eigenvalue weighted by molar-refractivity contribution is -0.120. The minimum atomic E-state index is 0.470. The minimum absolute atomic E-state index is 0.470. The van der Waals surface area contributed by atoms with Gasteiger partial charge in [0.15, 0.2) is 0 Å². The largest absolute Gasteiger partial charge is 0.314 e. The molecule has 0 aliphatic heterocycles. The Balaban J connectivity index is 1.49. The van der Waals surface area contributed by atoms with Gasteiger partial charge in [-0.15, -0.1) is 0 Å². The van der Waals surface area contributed by atoms with E-state index in [1.807, 2.05) is 0 Å². The van der Waals surface area contributed by atoms with Gasteiger partial charge in [0.1, 0.15) is 5.78 Å². The highest BCUT2D eigenvalue weighted by atomic mass is 16.1. The number of ketones is 1. The Hall–Kier alpha value is -0.370. The van der Waals surface area contributed by atoms with Crippen LogP contribution in [-0.2, 0) is 4.79 Å². The van der Waals surface area contributed by atoms with E-state index in [2.05, 4.69) is 5.32 Å². The summed E-state index contributed by atoms with van der Waals surface area (Å²) in [5.41, 5.74) is 0. The highest BCUT2D eigenvalue weighted by Gasteiger charge is 2.22. The number of hydrogen-bond donors (Lipinski definition) is 1. The average Bonchev–Trinajstić information content (AvgIpc) is 2.81. The molecule has 2 aliphatic carbocycles. The molecule has 0 spiro atoms. The second-order valence-electron chi connectivity index (χ2n) is 4.52. The van der Waals surface area contributed by atoms with E-state index in [0.717, 1.165) is 31.3 Å². The molecule has 1 N–H and O–H groups in total. The normalized spacial score (nSPS) is 22.8. The lowest BCUT2D eigenvalue weighted by atomic mass is 9.81. The Morgan fingerprint density at radius 2 is 2.00 bits per heavy atom. The van der Waals surface area contributed by atoms with Crippen molar-refractivity contribution in [3.05, 3.63) is 0 Å². The zero-order valence-electron chi connectivity index (χ0n) is 8.22. The van der Waals surface area contributed by atoms with E-state index >= 15 is 0 Å². The fourth-order valence-corrected chi connectivity index (χ4v) is 1.82. The maximum absolute atomic E-state index is 11.4. The minimum Gasteiger partial charge on any atom is -0.314 e. The van der Waals surface area contributed by atoms with Crippen LogP contribution < -0.4 is 5.32 Å². The maximum Gasteiger partial charge on any atom is 0.134 e. The third kappa shape index (κ3) is 3.11. The second kappa shape index (κ2) is 4.23. The van der Waals surface area contributed by atoms with E-state index in [-0.39, 0.29) is 0 Å². The average molecular weight is 181 g/mol. The molecule has 0 amide bonds. The number of carbonyl (C=O) groups excluding carboxylic acids is 1. The number of hydrogen-bond acceptors (Lipinski definition) is 2.